The molecule has 2 aliphatic rings. The highest BCUT2D eigenvalue weighted by Gasteiger charge is 2.34. The van der Waals surface area contributed by atoms with Gasteiger partial charge in [-0.25, -0.2) is 0 Å². The number of carbonyl (C=O) groups is 1. The van der Waals surface area contributed by atoms with Crippen LogP contribution in [0.4, 0.5) is 0 Å². The summed E-state index contributed by atoms with van der Waals surface area (Å²) in [6.07, 6.45) is 3.82. The highest BCUT2D eigenvalue weighted by molar-refractivity contribution is 5.70. The number of carboxylic acids is 1. The Morgan fingerprint density at radius 2 is 2.00 bits per heavy atom. The van der Waals surface area contributed by atoms with Gasteiger partial charge in [-0.05, 0) is 36.8 Å². The molecule has 1 N–H and O–H groups in total. The van der Waals surface area contributed by atoms with Gasteiger partial charge in [-0.2, -0.15) is 0 Å². The van der Waals surface area contributed by atoms with Crippen LogP contribution < -0.4 is 0 Å². The fourth-order valence-electron chi connectivity index (χ4n) is 3.34. The Morgan fingerprint density at radius 1 is 1.22 bits per heavy atom. The zero-order valence-corrected chi connectivity index (χ0v) is 10.5. The van der Waals surface area contributed by atoms with Gasteiger partial charge in [-0.3, -0.25) is 9.69 Å². The van der Waals surface area contributed by atoms with Crippen molar-refractivity contribution in [2.75, 3.05) is 6.54 Å². The maximum absolute atomic E-state index is 11.0. The lowest BCUT2D eigenvalue weighted by molar-refractivity contribution is -0.141. The minimum atomic E-state index is -0.616. The predicted molar refractivity (Wildman–Crippen MR) is 69.3 cm³/mol. The second kappa shape index (κ2) is 4.73. The van der Waals surface area contributed by atoms with Crippen LogP contribution in [0.15, 0.2) is 24.3 Å². The number of fused-ring (bicyclic) bond motifs is 1. The van der Waals surface area contributed by atoms with Gasteiger partial charge in [0.1, 0.15) is 0 Å². The number of rotatable bonds is 2. The van der Waals surface area contributed by atoms with E-state index >= 15 is 0 Å². The van der Waals surface area contributed by atoms with E-state index < -0.39 is 5.97 Å². The van der Waals surface area contributed by atoms with E-state index in [4.69, 9.17) is 5.11 Å². The summed E-state index contributed by atoms with van der Waals surface area (Å²) < 4.78 is 0. The van der Waals surface area contributed by atoms with Crippen LogP contribution in [0.25, 0.3) is 0 Å². The first-order valence-corrected chi connectivity index (χ1v) is 6.77. The first-order chi connectivity index (χ1) is 8.74. The Kier molecular flexibility index (Phi) is 3.08. The van der Waals surface area contributed by atoms with Gasteiger partial charge in [0.15, 0.2) is 0 Å². The number of nitrogens with zero attached hydrogens (tertiary/aromatic N) is 1. The van der Waals surface area contributed by atoms with Crippen molar-refractivity contribution in [3.05, 3.63) is 35.4 Å². The molecular formula is C15H19NO2. The molecule has 0 radical (unpaired) electrons. The Labute approximate surface area is 107 Å². The highest BCUT2D eigenvalue weighted by atomic mass is 16.4. The van der Waals surface area contributed by atoms with Crippen molar-refractivity contribution in [1.82, 2.24) is 4.90 Å². The molecule has 0 spiro atoms. The summed E-state index contributed by atoms with van der Waals surface area (Å²) >= 11 is 0. The first kappa shape index (κ1) is 11.7. The monoisotopic (exact) mass is 245 g/mol. The van der Waals surface area contributed by atoms with E-state index in [1.165, 1.54) is 11.1 Å². The lowest BCUT2D eigenvalue weighted by Gasteiger charge is -2.33. The van der Waals surface area contributed by atoms with Crippen LogP contribution in [0.5, 0.6) is 0 Å². The molecule has 1 saturated carbocycles. The summed E-state index contributed by atoms with van der Waals surface area (Å²) in [6, 6.07) is 9.08. The van der Waals surface area contributed by atoms with Gasteiger partial charge >= 0.3 is 5.97 Å². The average Bonchev–Trinajstić information content (AvgIpc) is 2.88. The quantitative estimate of drug-likeness (QED) is 0.869. The van der Waals surface area contributed by atoms with Crippen LogP contribution in [-0.2, 0) is 17.8 Å². The van der Waals surface area contributed by atoms with Gasteiger partial charge in [-0.15, -0.1) is 0 Å². The zero-order chi connectivity index (χ0) is 12.5. The van der Waals surface area contributed by atoms with Crippen molar-refractivity contribution in [3.8, 4) is 0 Å². The van der Waals surface area contributed by atoms with Gasteiger partial charge < -0.3 is 5.11 Å². The number of hydrogen-bond acceptors (Lipinski definition) is 2. The predicted octanol–water partition coefficient (Wildman–Crippen LogP) is 2.30. The molecule has 2 atom stereocenters. The van der Waals surface area contributed by atoms with Gasteiger partial charge in [-0.1, -0.05) is 24.3 Å². The van der Waals surface area contributed by atoms with Crippen molar-refractivity contribution in [2.45, 2.75) is 38.3 Å². The summed E-state index contributed by atoms with van der Waals surface area (Å²) in [6.45, 7) is 2.07. The zero-order valence-electron chi connectivity index (χ0n) is 10.5. The van der Waals surface area contributed by atoms with Crippen LogP contribution in [0.2, 0.25) is 0 Å². The molecule has 18 heavy (non-hydrogen) atoms. The molecule has 3 rings (SSSR count). The smallest absolute Gasteiger partial charge is 0.306 e. The van der Waals surface area contributed by atoms with Crippen LogP contribution in [0, 0.1) is 5.92 Å². The van der Waals surface area contributed by atoms with Crippen LogP contribution >= 0.6 is 0 Å². The third kappa shape index (κ3) is 2.15. The van der Waals surface area contributed by atoms with Gasteiger partial charge in [0, 0.05) is 19.1 Å². The highest BCUT2D eigenvalue weighted by Crippen LogP contribution is 2.32. The Hall–Kier alpha value is -1.35. The van der Waals surface area contributed by atoms with Crippen LogP contribution in [-0.4, -0.2) is 28.6 Å². The third-order valence-electron chi connectivity index (χ3n) is 4.43. The molecular weight excluding hydrogens is 226 g/mol. The van der Waals surface area contributed by atoms with Crippen molar-refractivity contribution in [2.24, 2.45) is 5.92 Å². The van der Waals surface area contributed by atoms with Gasteiger partial charge in [0.25, 0.3) is 0 Å². The maximum Gasteiger partial charge on any atom is 0.306 e. The van der Waals surface area contributed by atoms with Crippen molar-refractivity contribution >= 4 is 5.97 Å². The largest absolute Gasteiger partial charge is 0.481 e. The number of hydrogen-bond donors (Lipinski definition) is 1. The summed E-state index contributed by atoms with van der Waals surface area (Å²) in [7, 11) is 0. The number of benzene rings is 1. The molecule has 3 heteroatoms. The molecule has 1 aliphatic heterocycles. The molecule has 2 unspecified atom stereocenters. The fourth-order valence-corrected chi connectivity index (χ4v) is 3.34. The van der Waals surface area contributed by atoms with E-state index in [1.54, 1.807) is 0 Å². The molecule has 0 saturated heterocycles. The van der Waals surface area contributed by atoms with E-state index in [0.29, 0.717) is 6.04 Å². The van der Waals surface area contributed by atoms with E-state index in [0.717, 1.165) is 38.8 Å². The van der Waals surface area contributed by atoms with E-state index in [1.807, 2.05) is 0 Å². The summed E-state index contributed by atoms with van der Waals surface area (Å²) in [4.78, 5) is 13.5. The SMILES string of the molecule is O=C(O)C1CCC(N2CCc3ccccc3C2)C1. The second-order valence-corrected chi connectivity index (χ2v) is 5.49. The standard InChI is InChI=1S/C15H19NO2/c17-15(18)12-5-6-14(9-12)16-8-7-11-3-1-2-4-13(11)10-16/h1-4,12,14H,5-10H2,(H,17,18). The van der Waals surface area contributed by atoms with E-state index in [2.05, 4.69) is 29.2 Å². The van der Waals surface area contributed by atoms with Crippen molar-refractivity contribution < 1.29 is 9.90 Å². The first-order valence-electron chi connectivity index (χ1n) is 6.77. The van der Waals surface area contributed by atoms with Crippen molar-refractivity contribution in [1.29, 1.82) is 0 Å². The summed E-state index contributed by atoms with van der Waals surface area (Å²) in [5.74, 6) is -0.734. The molecule has 0 amide bonds. The minimum Gasteiger partial charge on any atom is -0.481 e. The third-order valence-corrected chi connectivity index (χ3v) is 4.43. The molecule has 96 valence electrons. The molecule has 1 aromatic rings. The topological polar surface area (TPSA) is 40.5 Å². The van der Waals surface area contributed by atoms with E-state index in [9.17, 15) is 4.79 Å². The molecule has 0 aromatic heterocycles. The van der Waals surface area contributed by atoms with E-state index in [-0.39, 0.29) is 5.92 Å². The molecule has 1 aliphatic carbocycles. The van der Waals surface area contributed by atoms with Gasteiger partial charge in [0.2, 0.25) is 0 Å². The minimum absolute atomic E-state index is 0.118. The molecule has 1 heterocycles. The molecule has 1 fully saturated rings. The number of carboxylic acid groups (broad SMARTS) is 1. The van der Waals surface area contributed by atoms with Gasteiger partial charge in [0.05, 0.1) is 5.92 Å². The summed E-state index contributed by atoms with van der Waals surface area (Å²) in [5, 5.41) is 9.07. The normalized spacial score (nSPS) is 28.0. The van der Waals surface area contributed by atoms with Crippen molar-refractivity contribution in [3.63, 3.8) is 0 Å². The van der Waals surface area contributed by atoms with Crippen LogP contribution in [0.1, 0.15) is 30.4 Å². The average molecular weight is 245 g/mol. The van der Waals surface area contributed by atoms with Crippen LogP contribution in [0.3, 0.4) is 0 Å². The maximum atomic E-state index is 11.0. The molecule has 0 bridgehead atoms. The lowest BCUT2D eigenvalue weighted by Crippen LogP contribution is -2.38. The fraction of sp³-hybridized carbons (Fsp3) is 0.533. The Balaban J connectivity index is 1.68. The summed E-state index contributed by atoms with van der Waals surface area (Å²) in [5.41, 5.74) is 2.88. The molecule has 3 nitrogen and oxygen atoms in total. The number of aliphatic carboxylic acids is 1. The lowest BCUT2D eigenvalue weighted by atomic mass is 9.98. The Bertz CT molecular complexity index is 458. The second-order valence-electron chi connectivity index (χ2n) is 5.49. The Morgan fingerprint density at radius 3 is 2.72 bits per heavy atom. The molecule has 1 aromatic carbocycles.